The summed E-state index contributed by atoms with van der Waals surface area (Å²) in [7, 11) is -2.14. The van der Waals surface area contributed by atoms with Crippen LogP contribution in [0, 0.1) is 0 Å². The molecule has 0 fully saturated rings. The van der Waals surface area contributed by atoms with Crippen molar-refractivity contribution < 1.29 is 14.3 Å². The summed E-state index contributed by atoms with van der Waals surface area (Å²) in [6, 6.07) is 0. The first-order chi connectivity index (χ1) is 3.13. The molecular weight excluding hydrogens is 155 g/mol. The van der Waals surface area contributed by atoms with E-state index < -0.39 is 8.60 Å². The molecule has 0 atom stereocenters. The molecule has 0 aliphatic heterocycles. The van der Waals surface area contributed by atoms with Crippen LogP contribution in [0.25, 0.3) is 0 Å². The minimum atomic E-state index is -2.14. The van der Waals surface area contributed by atoms with Crippen LogP contribution >= 0.6 is 8.60 Å². The van der Waals surface area contributed by atoms with Gasteiger partial charge in [0.15, 0.2) is 0 Å². The van der Waals surface area contributed by atoms with Crippen LogP contribution in [0.4, 0.5) is 0 Å². The Hall–Kier alpha value is 1.57. The van der Waals surface area contributed by atoms with E-state index >= 15 is 0 Å². The van der Waals surface area contributed by atoms with E-state index in [0.717, 1.165) is 0 Å². The Kier molecular flexibility index (Phi) is 10.3. The SMILES string of the molecule is CC(C)OP(O)O.[CaH2]. The first-order valence-electron chi connectivity index (χ1n) is 1.97. The van der Waals surface area contributed by atoms with Gasteiger partial charge in [-0.1, -0.05) is 0 Å². The molecule has 0 saturated carbocycles. The van der Waals surface area contributed by atoms with Crippen LogP contribution in [0.1, 0.15) is 13.8 Å². The van der Waals surface area contributed by atoms with Crippen molar-refractivity contribution in [3.05, 3.63) is 0 Å². The first kappa shape index (κ1) is 12.3. The van der Waals surface area contributed by atoms with Gasteiger partial charge in [0, 0.05) is 0 Å². The van der Waals surface area contributed by atoms with Crippen LogP contribution in [-0.2, 0) is 4.52 Å². The average molecular weight is 166 g/mol. The summed E-state index contributed by atoms with van der Waals surface area (Å²) >= 11 is 0. The van der Waals surface area contributed by atoms with Crippen LogP contribution < -0.4 is 0 Å². The van der Waals surface area contributed by atoms with Crippen molar-refractivity contribution in [1.29, 1.82) is 0 Å². The Morgan fingerprint density at radius 3 is 1.75 bits per heavy atom. The molecule has 0 aliphatic rings. The molecule has 0 aliphatic carbocycles. The molecule has 0 aromatic carbocycles. The second-order valence-electron chi connectivity index (χ2n) is 1.41. The molecule has 0 saturated heterocycles. The monoisotopic (exact) mass is 166 g/mol. The zero-order valence-corrected chi connectivity index (χ0v) is 5.22. The van der Waals surface area contributed by atoms with Gasteiger partial charge in [0.1, 0.15) is 0 Å². The van der Waals surface area contributed by atoms with Gasteiger partial charge >= 0.3 is 46.3 Å². The number of hydrogen-bond donors (Lipinski definition) is 2. The number of rotatable bonds is 2. The average Bonchev–Trinajstić information content (AvgIpc) is 1.27. The van der Waals surface area contributed by atoms with Crippen LogP contribution in [-0.4, -0.2) is 53.6 Å². The van der Waals surface area contributed by atoms with Gasteiger partial charge in [0.2, 0.25) is 0 Å². The molecule has 0 amide bonds. The third kappa shape index (κ3) is 10.5. The second-order valence-corrected chi connectivity index (χ2v) is 2.12. The Bertz CT molecular complexity index is 43.8. The Morgan fingerprint density at radius 2 is 1.75 bits per heavy atom. The van der Waals surface area contributed by atoms with Crippen molar-refractivity contribution in [2.45, 2.75) is 20.0 Å². The first-order valence-corrected chi connectivity index (χ1v) is 3.14. The van der Waals surface area contributed by atoms with Gasteiger partial charge in [-0.2, -0.15) is 0 Å². The van der Waals surface area contributed by atoms with Gasteiger partial charge in [-0.15, -0.1) is 0 Å². The molecule has 0 unspecified atom stereocenters. The van der Waals surface area contributed by atoms with Crippen LogP contribution in [0.3, 0.4) is 0 Å². The van der Waals surface area contributed by atoms with E-state index in [9.17, 15) is 0 Å². The molecule has 0 spiro atoms. The molecule has 48 valence electrons. The topological polar surface area (TPSA) is 49.7 Å². The molecule has 3 nitrogen and oxygen atoms in total. The van der Waals surface area contributed by atoms with Crippen molar-refractivity contribution >= 4 is 46.3 Å². The van der Waals surface area contributed by atoms with Crippen LogP contribution in [0.2, 0.25) is 0 Å². The maximum absolute atomic E-state index is 8.12. The van der Waals surface area contributed by atoms with E-state index in [1.54, 1.807) is 13.8 Å². The van der Waals surface area contributed by atoms with Crippen LogP contribution in [0.15, 0.2) is 0 Å². The summed E-state index contributed by atoms with van der Waals surface area (Å²) in [5.41, 5.74) is 0. The standard InChI is InChI=1S/C3H9O3P.Ca.2H/c1-3(2)6-7(4)5;;;/h3-5H,1-2H3;;;. The zero-order valence-electron chi connectivity index (χ0n) is 4.33. The van der Waals surface area contributed by atoms with Crippen molar-refractivity contribution in [2.75, 3.05) is 0 Å². The van der Waals surface area contributed by atoms with E-state index in [-0.39, 0.29) is 43.8 Å². The molecule has 0 bridgehead atoms. The van der Waals surface area contributed by atoms with Gasteiger partial charge in [0.05, 0.1) is 6.10 Å². The quantitative estimate of drug-likeness (QED) is 0.437. The summed E-state index contributed by atoms with van der Waals surface area (Å²) in [5.74, 6) is 0. The van der Waals surface area contributed by atoms with Gasteiger partial charge in [-0.3, -0.25) is 0 Å². The molecule has 2 N–H and O–H groups in total. The van der Waals surface area contributed by atoms with E-state index in [1.807, 2.05) is 0 Å². The van der Waals surface area contributed by atoms with E-state index in [0.29, 0.717) is 0 Å². The normalized spacial score (nSPS) is 9.75. The van der Waals surface area contributed by atoms with E-state index in [4.69, 9.17) is 9.79 Å². The molecule has 5 heteroatoms. The number of hydrogen-bond acceptors (Lipinski definition) is 3. The summed E-state index contributed by atoms with van der Waals surface area (Å²) in [5, 5.41) is 0. The fraction of sp³-hybridized carbons (Fsp3) is 1.00. The maximum atomic E-state index is 8.12. The molecule has 0 heterocycles. The second kappa shape index (κ2) is 6.69. The van der Waals surface area contributed by atoms with Gasteiger partial charge < -0.3 is 14.3 Å². The van der Waals surface area contributed by atoms with Gasteiger partial charge in [-0.05, 0) is 13.8 Å². The predicted octanol–water partition coefficient (Wildman–Crippen LogP) is -0.293. The van der Waals surface area contributed by atoms with Gasteiger partial charge in [-0.25, -0.2) is 0 Å². The van der Waals surface area contributed by atoms with Gasteiger partial charge in [0.25, 0.3) is 0 Å². The summed E-state index contributed by atoms with van der Waals surface area (Å²) in [4.78, 5) is 16.2. The van der Waals surface area contributed by atoms with Crippen molar-refractivity contribution in [1.82, 2.24) is 0 Å². The van der Waals surface area contributed by atoms with Crippen molar-refractivity contribution in [3.63, 3.8) is 0 Å². The Labute approximate surface area is 80.0 Å². The Balaban J connectivity index is 0. The molecule has 0 aromatic rings. The van der Waals surface area contributed by atoms with E-state index in [2.05, 4.69) is 4.52 Å². The predicted molar refractivity (Wildman–Crippen MR) is 36.1 cm³/mol. The summed E-state index contributed by atoms with van der Waals surface area (Å²) < 4.78 is 4.43. The summed E-state index contributed by atoms with van der Waals surface area (Å²) in [6.07, 6.45) is -0.0962. The fourth-order valence-electron chi connectivity index (χ4n) is 0.189. The molecule has 8 heavy (non-hydrogen) atoms. The van der Waals surface area contributed by atoms with E-state index in [1.165, 1.54) is 0 Å². The molecule has 0 radical (unpaired) electrons. The zero-order chi connectivity index (χ0) is 5.86. The van der Waals surface area contributed by atoms with Crippen molar-refractivity contribution in [2.24, 2.45) is 0 Å². The fourth-order valence-corrected chi connectivity index (χ4v) is 0.566. The molecule has 0 aromatic heterocycles. The summed E-state index contributed by atoms with van der Waals surface area (Å²) in [6.45, 7) is 3.48. The molecule has 0 rings (SSSR count). The molecular formula is C3H11CaO3P. The Morgan fingerprint density at radius 1 is 1.38 bits per heavy atom. The van der Waals surface area contributed by atoms with Crippen molar-refractivity contribution in [3.8, 4) is 0 Å². The van der Waals surface area contributed by atoms with Crippen LogP contribution in [0.5, 0.6) is 0 Å². The minimum absolute atomic E-state index is 0. The third-order valence-electron chi connectivity index (χ3n) is 0.305. The third-order valence-corrected chi connectivity index (χ3v) is 0.915.